The summed E-state index contributed by atoms with van der Waals surface area (Å²) in [6.07, 6.45) is 2.46. The molecule has 1 atom stereocenters. The maximum absolute atomic E-state index is 10.7. The minimum Gasteiger partial charge on any atom is -0.491 e. The summed E-state index contributed by atoms with van der Waals surface area (Å²) in [5.74, 6) is 2.07. The number of hydrogen-bond acceptors (Lipinski definition) is 2. The highest BCUT2D eigenvalue weighted by Gasteiger charge is 2.23. The molecule has 0 spiro atoms. The molecule has 0 aliphatic rings. The Bertz CT molecular complexity index is 914. The molecule has 0 aliphatic carbocycles. The Hall–Kier alpha value is -2.33. The van der Waals surface area contributed by atoms with Gasteiger partial charge in [0.1, 0.15) is 25.0 Å². The second-order valence-corrected chi connectivity index (χ2v) is 7.30. The molecule has 0 bridgehead atoms. The van der Waals surface area contributed by atoms with Gasteiger partial charge in [0.2, 0.25) is 0 Å². The van der Waals surface area contributed by atoms with E-state index in [0.29, 0.717) is 6.54 Å². The second-order valence-electron chi connectivity index (χ2n) is 7.30. The number of hydrogen-bond donors (Lipinski definition) is 1. The number of para-hydroxylation sites is 2. The van der Waals surface area contributed by atoms with Crippen LogP contribution < -0.4 is 9.30 Å². The standard InChI is InChI=1S/C23H31N2O2/c1-5-9-23-24(4)21-10-7-8-11-22(21)25(23)15-19(26)16-27-20-13-17(3)12-18(6-2)14-20/h7-8,10-14,19,26H,5-6,9,15-16H2,1-4H3/q+1/t19-/m1/s1. The van der Waals surface area contributed by atoms with Gasteiger partial charge in [-0.15, -0.1) is 0 Å². The first-order valence-corrected chi connectivity index (χ1v) is 9.91. The van der Waals surface area contributed by atoms with Crippen molar-refractivity contribution in [2.75, 3.05) is 6.61 Å². The molecule has 0 saturated carbocycles. The Kier molecular flexibility index (Phi) is 6.17. The van der Waals surface area contributed by atoms with Gasteiger partial charge in [0.15, 0.2) is 11.0 Å². The highest BCUT2D eigenvalue weighted by molar-refractivity contribution is 5.72. The van der Waals surface area contributed by atoms with Crippen LogP contribution in [0, 0.1) is 6.92 Å². The summed E-state index contributed by atoms with van der Waals surface area (Å²) in [5.41, 5.74) is 4.80. The number of imidazole rings is 1. The molecule has 4 nitrogen and oxygen atoms in total. The van der Waals surface area contributed by atoms with Crippen LogP contribution in [0.4, 0.5) is 0 Å². The lowest BCUT2D eigenvalue weighted by molar-refractivity contribution is -0.654. The van der Waals surface area contributed by atoms with Gasteiger partial charge in [0.05, 0.1) is 7.05 Å². The molecule has 0 saturated heterocycles. The van der Waals surface area contributed by atoms with E-state index in [1.807, 2.05) is 6.07 Å². The molecule has 0 unspecified atom stereocenters. The first-order chi connectivity index (χ1) is 13.0. The molecule has 3 rings (SSSR count). The van der Waals surface area contributed by atoms with E-state index in [0.717, 1.165) is 30.5 Å². The minimum absolute atomic E-state index is 0.286. The van der Waals surface area contributed by atoms with Crippen LogP contribution in [-0.4, -0.2) is 22.4 Å². The predicted molar refractivity (Wildman–Crippen MR) is 109 cm³/mol. The SMILES string of the molecule is CCCc1n(C[C@@H](O)COc2cc(C)cc(CC)c2)c2ccccc2[n+]1C. The van der Waals surface area contributed by atoms with Gasteiger partial charge in [-0.3, -0.25) is 0 Å². The summed E-state index contributed by atoms with van der Waals surface area (Å²) < 4.78 is 10.4. The van der Waals surface area contributed by atoms with E-state index in [-0.39, 0.29) is 6.61 Å². The molecule has 0 radical (unpaired) electrons. The average molecular weight is 368 g/mol. The number of rotatable bonds is 8. The third kappa shape index (κ3) is 4.33. The normalized spacial score (nSPS) is 12.5. The predicted octanol–water partition coefficient (Wildman–Crippen LogP) is 3.73. The minimum atomic E-state index is -0.568. The van der Waals surface area contributed by atoms with Crippen molar-refractivity contribution < 1.29 is 14.4 Å². The number of aryl methyl sites for hydroxylation is 3. The Morgan fingerprint density at radius 2 is 1.93 bits per heavy atom. The number of nitrogens with zero attached hydrogens (tertiary/aromatic N) is 2. The van der Waals surface area contributed by atoms with E-state index in [1.165, 1.54) is 22.5 Å². The summed E-state index contributed by atoms with van der Waals surface area (Å²) in [5, 5.41) is 10.7. The van der Waals surface area contributed by atoms with Crippen molar-refractivity contribution in [3.05, 3.63) is 59.4 Å². The van der Waals surface area contributed by atoms with E-state index in [2.05, 4.69) is 73.4 Å². The molecule has 1 heterocycles. The van der Waals surface area contributed by atoms with Gasteiger partial charge >= 0.3 is 0 Å². The highest BCUT2D eigenvalue weighted by atomic mass is 16.5. The Balaban J connectivity index is 1.77. The maximum atomic E-state index is 10.7. The summed E-state index contributed by atoms with van der Waals surface area (Å²) in [7, 11) is 2.10. The second kappa shape index (κ2) is 8.57. The molecule has 0 aliphatic heterocycles. The lowest BCUT2D eigenvalue weighted by Gasteiger charge is -2.13. The van der Waals surface area contributed by atoms with Gasteiger partial charge in [-0.1, -0.05) is 32.0 Å². The Morgan fingerprint density at radius 1 is 1.15 bits per heavy atom. The van der Waals surface area contributed by atoms with Crippen LogP contribution in [0.5, 0.6) is 5.75 Å². The molecular formula is C23H31N2O2+. The van der Waals surface area contributed by atoms with Gasteiger partial charge < -0.3 is 9.84 Å². The summed E-state index contributed by atoms with van der Waals surface area (Å²) in [4.78, 5) is 0. The number of ether oxygens (including phenoxy) is 1. The fraction of sp³-hybridized carbons (Fsp3) is 0.435. The summed E-state index contributed by atoms with van der Waals surface area (Å²) in [6.45, 7) is 7.22. The lowest BCUT2D eigenvalue weighted by atomic mass is 10.1. The molecule has 1 aromatic heterocycles. The number of fused-ring (bicyclic) bond motifs is 1. The molecule has 4 heteroatoms. The third-order valence-corrected chi connectivity index (χ3v) is 5.06. The molecule has 0 amide bonds. The zero-order chi connectivity index (χ0) is 19.4. The largest absolute Gasteiger partial charge is 0.491 e. The Morgan fingerprint density at radius 3 is 2.67 bits per heavy atom. The third-order valence-electron chi connectivity index (χ3n) is 5.06. The van der Waals surface area contributed by atoms with Gasteiger partial charge in [-0.25, -0.2) is 9.13 Å². The monoisotopic (exact) mass is 367 g/mol. The van der Waals surface area contributed by atoms with Crippen LogP contribution in [0.3, 0.4) is 0 Å². The van der Waals surface area contributed by atoms with Gasteiger partial charge in [-0.05, 0) is 55.2 Å². The van der Waals surface area contributed by atoms with Crippen molar-refractivity contribution >= 4 is 11.0 Å². The fourth-order valence-electron chi connectivity index (χ4n) is 3.73. The lowest BCUT2D eigenvalue weighted by Crippen LogP contribution is -2.34. The first kappa shape index (κ1) is 19.4. The van der Waals surface area contributed by atoms with Crippen LogP contribution in [0.2, 0.25) is 0 Å². The topological polar surface area (TPSA) is 38.3 Å². The van der Waals surface area contributed by atoms with E-state index in [4.69, 9.17) is 4.74 Å². The average Bonchev–Trinajstić information content (AvgIpc) is 2.92. The number of aromatic nitrogens is 2. The van der Waals surface area contributed by atoms with Crippen LogP contribution in [0.1, 0.15) is 37.2 Å². The highest BCUT2D eigenvalue weighted by Crippen LogP contribution is 2.19. The molecule has 3 aromatic rings. The maximum Gasteiger partial charge on any atom is 0.257 e. The number of benzene rings is 2. The van der Waals surface area contributed by atoms with E-state index in [9.17, 15) is 5.11 Å². The van der Waals surface area contributed by atoms with Gasteiger partial charge in [0.25, 0.3) is 5.82 Å². The number of aliphatic hydroxyl groups is 1. The van der Waals surface area contributed by atoms with Crippen molar-refractivity contribution in [2.24, 2.45) is 7.05 Å². The van der Waals surface area contributed by atoms with E-state index >= 15 is 0 Å². The molecule has 1 N–H and O–H groups in total. The molecule has 0 fully saturated rings. The summed E-state index contributed by atoms with van der Waals surface area (Å²) in [6, 6.07) is 14.6. The van der Waals surface area contributed by atoms with Crippen molar-refractivity contribution in [3.8, 4) is 5.75 Å². The van der Waals surface area contributed by atoms with E-state index in [1.54, 1.807) is 0 Å². The zero-order valence-electron chi connectivity index (χ0n) is 16.9. The van der Waals surface area contributed by atoms with Crippen LogP contribution >= 0.6 is 0 Å². The van der Waals surface area contributed by atoms with Crippen LogP contribution in [-0.2, 0) is 26.4 Å². The van der Waals surface area contributed by atoms with Crippen LogP contribution in [0.25, 0.3) is 11.0 Å². The molecule has 27 heavy (non-hydrogen) atoms. The van der Waals surface area contributed by atoms with Gasteiger partial charge in [-0.2, -0.15) is 0 Å². The molecule has 144 valence electrons. The smallest absolute Gasteiger partial charge is 0.257 e. The first-order valence-electron chi connectivity index (χ1n) is 9.91. The van der Waals surface area contributed by atoms with Crippen molar-refractivity contribution in [1.82, 2.24) is 4.57 Å². The zero-order valence-corrected chi connectivity index (χ0v) is 16.9. The van der Waals surface area contributed by atoms with Crippen molar-refractivity contribution in [3.63, 3.8) is 0 Å². The number of aliphatic hydroxyl groups excluding tert-OH is 1. The molecular weight excluding hydrogens is 336 g/mol. The molecule has 2 aromatic carbocycles. The quantitative estimate of drug-likeness (QED) is 0.616. The van der Waals surface area contributed by atoms with E-state index < -0.39 is 6.10 Å². The van der Waals surface area contributed by atoms with Crippen molar-refractivity contribution in [2.45, 2.75) is 52.7 Å². The van der Waals surface area contributed by atoms with Crippen molar-refractivity contribution in [1.29, 1.82) is 0 Å². The van der Waals surface area contributed by atoms with Gasteiger partial charge in [0, 0.05) is 6.42 Å². The summed E-state index contributed by atoms with van der Waals surface area (Å²) >= 11 is 0. The fourth-order valence-corrected chi connectivity index (χ4v) is 3.73. The Labute approximate surface area is 162 Å². The van der Waals surface area contributed by atoms with Crippen LogP contribution in [0.15, 0.2) is 42.5 Å².